The molecule has 2 fully saturated rings. The molecule has 2 saturated heterocycles. The Morgan fingerprint density at radius 2 is 2.10 bits per heavy atom. The molecular formula is C17H23N3O. The van der Waals surface area contributed by atoms with Crippen LogP contribution in [0.15, 0.2) is 24.3 Å². The van der Waals surface area contributed by atoms with E-state index < -0.39 is 6.10 Å². The topological polar surface area (TPSA) is 50.5 Å². The van der Waals surface area contributed by atoms with Gasteiger partial charge in [-0.25, -0.2) is 0 Å². The Balaban J connectivity index is 1.63. The minimum absolute atomic E-state index is 0.479. The number of piperazine rings is 1. The van der Waals surface area contributed by atoms with E-state index in [1.54, 1.807) is 12.1 Å². The third kappa shape index (κ3) is 3.11. The quantitative estimate of drug-likeness (QED) is 0.919. The molecule has 0 saturated carbocycles. The van der Waals surface area contributed by atoms with E-state index in [0.717, 1.165) is 18.7 Å². The Labute approximate surface area is 126 Å². The van der Waals surface area contributed by atoms with E-state index in [4.69, 9.17) is 5.26 Å². The van der Waals surface area contributed by atoms with Gasteiger partial charge < -0.3 is 5.11 Å². The molecular weight excluding hydrogens is 262 g/mol. The standard InChI is InChI=1S/C17H23N3O/c1-13-10-19-8-2-3-16(19)11-20(13)12-17(21)15-6-4-14(9-18)5-7-15/h4-7,13,16-17,21H,2-3,8,10-12H2,1H3. The van der Waals surface area contributed by atoms with Crippen molar-refractivity contribution in [2.45, 2.75) is 38.0 Å². The largest absolute Gasteiger partial charge is 0.387 e. The molecule has 4 heteroatoms. The maximum Gasteiger partial charge on any atom is 0.0991 e. The Morgan fingerprint density at radius 1 is 1.33 bits per heavy atom. The lowest BCUT2D eigenvalue weighted by atomic mass is 10.0. The summed E-state index contributed by atoms with van der Waals surface area (Å²) in [4.78, 5) is 5.00. The summed E-state index contributed by atoms with van der Waals surface area (Å²) in [5, 5.41) is 19.3. The number of β-amino-alcohol motifs (C(OH)–C–C–N with tert-alkyl or cyclic N) is 1. The molecule has 2 aliphatic rings. The number of aliphatic hydroxyl groups is 1. The summed E-state index contributed by atoms with van der Waals surface area (Å²) in [6.45, 7) is 6.34. The molecule has 2 heterocycles. The van der Waals surface area contributed by atoms with Crippen LogP contribution in [0, 0.1) is 11.3 Å². The molecule has 1 N–H and O–H groups in total. The van der Waals surface area contributed by atoms with Crippen LogP contribution >= 0.6 is 0 Å². The summed E-state index contributed by atoms with van der Waals surface area (Å²) in [7, 11) is 0. The molecule has 0 spiro atoms. The van der Waals surface area contributed by atoms with Crippen molar-refractivity contribution in [2.24, 2.45) is 0 Å². The minimum atomic E-state index is -0.479. The molecule has 0 amide bonds. The van der Waals surface area contributed by atoms with Gasteiger partial charge in [0.15, 0.2) is 0 Å². The first kappa shape index (κ1) is 14.5. The minimum Gasteiger partial charge on any atom is -0.387 e. The summed E-state index contributed by atoms with van der Waals surface area (Å²) in [5.74, 6) is 0. The monoisotopic (exact) mass is 285 g/mol. The molecule has 3 rings (SSSR count). The Bertz CT molecular complexity index is 522. The molecule has 112 valence electrons. The number of hydrogen-bond donors (Lipinski definition) is 1. The first-order chi connectivity index (χ1) is 10.2. The second kappa shape index (κ2) is 6.15. The van der Waals surface area contributed by atoms with Gasteiger partial charge in [-0.05, 0) is 44.0 Å². The molecule has 0 bridgehead atoms. The van der Waals surface area contributed by atoms with E-state index >= 15 is 0 Å². The highest BCUT2D eigenvalue weighted by atomic mass is 16.3. The lowest BCUT2D eigenvalue weighted by Crippen LogP contribution is -2.55. The molecule has 0 aliphatic carbocycles. The third-order valence-electron chi connectivity index (χ3n) is 4.90. The summed E-state index contributed by atoms with van der Waals surface area (Å²) in [5.41, 5.74) is 1.54. The molecule has 0 radical (unpaired) electrons. The lowest BCUT2D eigenvalue weighted by Gasteiger charge is -2.43. The van der Waals surface area contributed by atoms with Crippen LogP contribution in [0.2, 0.25) is 0 Å². The molecule has 3 unspecified atom stereocenters. The van der Waals surface area contributed by atoms with Crippen molar-refractivity contribution in [1.82, 2.24) is 9.80 Å². The maximum absolute atomic E-state index is 10.5. The van der Waals surface area contributed by atoms with E-state index in [1.807, 2.05) is 12.1 Å². The van der Waals surface area contributed by atoms with Crippen molar-refractivity contribution in [3.63, 3.8) is 0 Å². The highest BCUT2D eigenvalue weighted by Gasteiger charge is 2.34. The Kier molecular flexibility index (Phi) is 4.25. The maximum atomic E-state index is 10.5. The highest BCUT2D eigenvalue weighted by molar-refractivity contribution is 5.32. The van der Waals surface area contributed by atoms with Gasteiger partial charge in [0.25, 0.3) is 0 Å². The van der Waals surface area contributed by atoms with E-state index in [1.165, 1.54) is 19.4 Å². The Hall–Kier alpha value is -1.41. The van der Waals surface area contributed by atoms with Gasteiger partial charge in [-0.3, -0.25) is 9.80 Å². The molecule has 2 aliphatic heterocycles. The predicted octanol–water partition coefficient (Wildman–Crippen LogP) is 1.76. The van der Waals surface area contributed by atoms with Gasteiger partial charge in [0.2, 0.25) is 0 Å². The van der Waals surface area contributed by atoms with Gasteiger partial charge in [0.1, 0.15) is 0 Å². The SMILES string of the molecule is CC1CN2CCCC2CN1CC(O)c1ccc(C#N)cc1. The summed E-state index contributed by atoms with van der Waals surface area (Å²) in [6.07, 6.45) is 2.12. The zero-order valence-electron chi connectivity index (χ0n) is 12.6. The van der Waals surface area contributed by atoms with Crippen LogP contribution in [-0.4, -0.2) is 53.2 Å². The molecule has 0 aromatic heterocycles. The van der Waals surface area contributed by atoms with Crippen LogP contribution in [0.3, 0.4) is 0 Å². The van der Waals surface area contributed by atoms with E-state index in [-0.39, 0.29) is 0 Å². The Morgan fingerprint density at radius 3 is 2.81 bits per heavy atom. The van der Waals surface area contributed by atoms with Crippen LogP contribution in [0.25, 0.3) is 0 Å². The number of rotatable bonds is 3. The normalized spacial score (nSPS) is 28.0. The van der Waals surface area contributed by atoms with Gasteiger partial charge in [-0.2, -0.15) is 5.26 Å². The average molecular weight is 285 g/mol. The van der Waals surface area contributed by atoms with Crippen molar-refractivity contribution in [3.05, 3.63) is 35.4 Å². The van der Waals surface area contributed by atoms with Gasteiger partial charge in [-0.15, -0.1) is 0 Å². The van der Waals surface area contributed by atoms with Gasteiger partial charge in [0.05, 0.1) is 17.7 Å². The number of benzene rings is 1. The van der Waals surface area contributed by atoms with Gasteiger partial charge >= 0.3 is 0 Å². The molecule has 4 nitrogen and oxygen atoms in total. The van der Waals surface area contributed by atoms with E-state index in [9.17, 15) is 5.11 Å². The number of nitrogens with zero attached hydrogens (tertiary/aromatic N) is 3. The lowest BCUT2D eigenvalue weighted by molar-refractivity contribution is 0.0226. The molecule has 21 heavy (non-hydrogen) atoms. The van der Waals surface area contributed by atoms with Crippen LogP contribution in [-0.2, 0) is 0 Å². The van der Waals surface area contributed by atoms with E-state index in [0.29, 0.717) is 24.2 Å². The first-order valence-corrected chi connectivity index (χ1v) is 7.83. The fourth-order valence-corrected chi connectivity index (χ4v) is 3.61. The number of fused-ring (bicyclic) bond motifs is 1. The van der Waals surface area contributed by atoms with Crippen LogP contribution in [0.5, 0.6) is 0 Å². The number of hydrogen-bond acceptors (Lipinski definition) is 4. The van der Waals surface area contributed by atoms with E-state index in [2.05, 4.69) is 22.8 Å². The van der Waals surface area contributed by atoms with Gasteiger partial charge in [-0.1, -0.05) is 12.1 Å². The fourth-order valence-electron chi connectivity index (χ4n) is 3.61. The summed E-state index contributed by atoms with van der Waals surface area (Å²) < 4.78 is 0. The van der Waals surface area contributed by atoms with Crippen molar-refractivity contribution in [3.8, 4) is 6.07 Å². The summed E-state index contributed by atoms with van der Waals surface area (Å²) in [6, 6.07) is 10.5. The van der Waals surface area contributed by atoms with Crippen LogP contribution in [0.1, 0.15) is 37.0 Å². The number of nitriles is 1. The van der Waals surface area contributed by atoms with Crippen molar-refractivity contribution < 1.29 is 5.11 Å². The number of aliphatic hydroxyl groups excluding tert-OH is 1. The van der Waals surface area contributed by atoms with Crippen LogP contribution < -0.4 is 0 Å². The molecule has 1 aromatic carbocycles. The smallest absolute Gasteiger partial charge is 0.0991 e. The van der Waals surface area contributed by atoms with Crippen LogP contribution in [0.4, 0.5) is 0 Å². The first-order valence-electron chi connectivity index (χ1n) is 7.83. The summed E-state index contributed by atoms with van der Waals surface area (Å²) >= 11 is 0. The predicted molar refractivity (Wildman–Crippen MR) is 81.7 cm³/mol. The molecule has 3 atom stereocenters. The van der Waals surface area contributed by atoms with Crippen molar-refractivity contribution in [2.75, 3.05) is 26.2 Å². The second-order valence-electron chi connectivity index (χ2n) is 6.34. The average Bonchev–Trinajstić information content (AvgIpc) is 2.94. The zero-order valence-corrected chi connectivity index (χ0v) is 12.6. The molecule has 1 aromatic rings. The highest BCUT2D eigenvalue weighted by Crippen LogP contribution is 2.26. The zero-order chi connectivity index (χ0) is 14.8. The van der Waals surface area contributed by atoms with Crippen molar-refractivity contribution >= 4 is 0 Å². The fraction of sp³-hybridized carbons (Fsp3) is 0.588. The van der Waals surface area contributed by atoms with Gasteiger partial charge in [0, 0.05) is 31.7 Å². The van der Waals surface area contributed by atoms with Crippen molar-refractivity contribution in [1.29, 1.82) is 5.26 Å². The third-order valence-corrected chi connectivity index (χ3v) is 4.90. The second-order valence-corrected chi connectivity index (χ2v) is 6.34.